The molecule has 132 valence electrons. The lowest BCUT2D eigenvalue weighted by Gasteiger charge is -2.33. The molecule has 1 aromatic rings. The molecule has 0 spiro atoms. The van der Waals surface area contributed by atoms with Crippen molar-refractivity contribution >= 4 is 17.3 Å². The summed E-state index contributed by atoms with van der Waals surface area (Å²) in [4.78, 5) is 19.4. The van der Waals surface area contributed by atoms with E-state index >= 15 is 0 Å². The lowest BCUT2D eigenvalue weighted by atomic mass is 10.2. The third-order valence-electron chi connectivity index (χ3n) is 5.19. The number of anilines is 2. The van der Waals surface area contributed by atoms with Crippen molar-refractivity contribution in [3.63, 3.8) is 0 Å². The van der Waals surface area contributed by atoms with Crippen molar-refractivity contribution < 1.29 is 4.79 Å². The van der Waals surface area contributed by atoms with Gasteiger partial charge in [-0.15, -0.1) is 0 Å². The highest BCUT2D eigenvalue weighted by molar-refractivity contribution is 5.91. The number of rotatable bonds is 6. The summed E-state index contributed by atoms with van der Waals surface area (Å²) in [6.07, 6.45) is 3.13. The maximum atomic E-state index is 12.2. The van der Waals surface area contributed by atoms with Crippen LogP contribution in [0.25, 0.3) is 0 Å². The van der Waals surface area contributed by atoms with Gasteiger partial charge in [0.05, 0.1) is 0 Å². The van der Waals surface area contributed by atoms with Gasteiger partial charge in [-0.1, -0.05) is 6.92 Å². The van der Waals surface area contributed by atoms with Crippen LogP contribution in [-0.4, -0.2) is 68.1 Å². The molecule has 2 aliphatic rings. The summed E-state index contributed by atoms with van der Waals surface area (Å²) >= 11 is 0. The molecule has 0 unspecified atom stereocenters. The predicted octanol–water partition coefficient (Wildman–Crippen LogP) is 2.25. The molecule has 2 aliphatic heterocycles. The Morgan fingerprint density at radius 1 is 0.958 bits per heavy atom. The van der Waals surface area contributed by atoms with Crippen molar-refractivity contribution in [3.8, 4) is 0 Å². The molecular formula is C19H30N4O. The highest BCUT2D eigenvalue weighted by Crippen LogP contribution is 2.22. The minimum Gasteiger partial charge on any atom is -0.372 e. The van der Waals surface area contributed by atoms with E-state index in [9.17, 15) is 4.79 Å². The number of likely N-dealkylation sites (N-methyl/N-ethyl adjacent to an activating group) is 1. The Morgan fingerprint density at radius 2 is 1.58 bits per heavy atom. The number of benzene rings is 1. The Kier molecular flexibility index (Phi) is 6.10. The molecule has 5 heteroatoms. The molecule has 0 aliphatic carbocycles. The van der Waals surface area contributed by atoms with Gasteiger partial charge in [0.2, 0.25) is 5.91 Å². The van der Waals surface area contributed by atoms with E-state index in [1.54, 1.807) is 0 Å². The molecule has 0 bridgehead atoms. The summed E-state index contributed by atoms with van der Waals surface area (Å²) in [5.41, 5.74) is 2.16. The topological polar surface area (TPSA) is 38.8 Å². The van der Waals surface area contributed by atoms with Crippen LogP contribution in [0, 0.1) is 0 Å². The van der Waals surface area contributed by atoms with E-state index in [-0.39, 0.29) is 5.91 Å². The summed E-state index contributed by atoms with van der Waals surface area (Å²) in [7, 11) is 0. The molecule has 2 fully saturated rings. The van der Waals surface area contributed by atoms with E-state index in [1.807, 2.05) is 12.1 Å². The van der Waals surface area contributed by atoms with Crippen LogP contribution >= 0.6 is 0 Å². The molecule has 2 saturated heterocycles. The second-order valence-electron chi connectivity index (χ2n) is 6.82. The van der Waals surface area contributed by atoms with Crippen molar-refractivity contribution in [2.75, 3.05) is 62.6 Å². The average molecular weight is 330 g/mol. The Bertz CT molecular complexity index is 517. The minimum atomic E-state index is 0.113. The zero-order chi connectivity index (χ0) is 16.8. The molecule has 5 nitrogen and oxygen atoms in total. The van der Waals surface area contributed by atoms with E-state index in [1.165, 1.54) is 18.5 Å². The maximum Gasteiger partial charge on any atom is 0.225 e. The Morgan fingerprint density at radius 3 is 2.21 bits per heavy atom. The number of carbonyl (C=O) groups excluding carboxylic acids is 1. The number of nitrogens with one attached hydrogen (secondary N) is 1. The highest BCUT2D eigenvalue weighted by atomic mass is 16.1. The first-order chi connectivity index (χ1) is 11.7. The van der Waals surface area contributed by atoms with Gasteiger partial charge in [-0.2, -0.15) is 0 Å². The molecule has 1 amide bonds. The Labute approximate surface area is 145 Å². The number of nitrogens with zero attached hydrogens (tertiary/aromatic N) is 3. The summed E-state index contributed by atoms with van der Waals surface area (Å²) < 4.78 is 0. The van der Waals surface area contributed by atoms with Crippen molar-refractivity contribution in [2.45, 2.75) is 26.2 Å². The minimum absolute atomic E-state index is 0.113. The van der Waals surface area contributed by atoms with Crippen LogP contribution < -0.4 is 10.2 Å². The van der Waals surface area contributed by atoms with Crippen LogP contribution in [0.3, 0.4) is 0 Å². The van der Waals surface area contributed by atoms with Crippen LogP contribution in [0.4, 0.5) is 11.4 Å². The quantitative estimate of drug-likeness (QED) is 0.868. The second kappa shape index (κ2) is 8.49. The molecular weight excluding hydrogens is 300 g/mol. The van der Waals surface area contributed by atoms with E-state index in [0.29, 0.717) is 6.42 Å². The summed E-state index contributed by atoms with van der Waals surface area (Å²) in [6.45, 7) is 10.9. The third kappa shape index (κ3) is 4.71. The van der Waals surface area contributed by atoms with Crippen LogP contribution in [0.2, 0.25) is 0 Å². The summed E-state index contributed by atoms with van der Waals surface area (Å²) in [5.74, 6) is 0.113. The lowest BCUT2D eigenvalue weighted by Crippen LogP contribution is -2.46. The first kappa shape index (κ1) is 17.2. The molecule has 1 N–H and O–H groups in total. The van der Waals surface area contributed by atoms with Gasteiger partial charge in [-0.3, -0.25) is 4.79 Å². The molecule has 0 aromatic heterocycles. The molecule has 0 atom stereocenters. The summed E-state index contributed by atoms with van der Waals surface area (Å²) in [6, 6.07) is 8.27. The number of amides is 1. The lowest BCUT2D eigenvalue weighted by molar-refractivity contribution is -0.116. The SMILES string of the molecule is CCN1CCN(CCC(=O)Nc2ccc(N3CCCC3)cc2)CC1. The molecule has 0 saturated carbocycles. The van der Waals surface area contributed by atoms with E-state index in [2.05, 4.69) is 39.1 Å². The van der Waals surface area contributed by atoms with Crippen LogP contribution in [0.5, 0.6) is 0 Å². The molecule has 2 heterocycles. The summed E-state index contributed by atoms with van der Waals surface area (Å²) in [5, 5.41) is 3.02. The maximum absolute atomic E-state index is 12.2. The largest absolute Gasteiger partial charge is 0.372 e. The Hall–Kier alpha value is -1.59. The van der Waals surface area contributed by atoms with Crippen molar-refractivity contribution in [2.24, 2.45) is 0 Å². The molecule has 0 radical (unpaired) electrons. The fraction of sp³-hybridized carbons (Fsp3) is 0.632. The van der Waals surface area contributed by atoms with Crippen LogP contribution in [0.1, 0.15) is 26.2 Å². The van der Waals surface area contributed by atoms with Gasteiger partial charge in [0.1, 0.15) is 0 Å². The third-order valence-corrected chi connectivity index (χ3v) is 5.19. The fourth-order valence-corrected chi connectivity index (χ4v) is 3.54. The number of carbonyl (C=O) groups is 1. The number of hydrogen-bond donors (Lipinski definition) is 1. The first-order valence-electron chi connectivity index (χ1n) is 9.34. The average Bonchev–Trinajstić information content (AvgIpc) is 3.16. The van der Waals surface area contributed by atoms with Crippen molar-refractivity contribution in [1.82, 2.24) is 9.80 Å². The molecule has 24 heavy (non-hydrogen) atoms. The van der Waals surface area contributed by atoms with E-state index < -0.39 is 0 Å². The highest BCUT2D eigenvalue weighted by Gasteiger charge is 2.16. The van der Waals surface area contributed by atoms with Gasteiger partial charge < -0.3 is 20.0 Å². The second-order valence-corrected chi connectivity index (χ2v) is 6.82. The van der Waals surface area contributed by atoms with Crippen molar-refractivity contribution in [3.05, 3.63) is 24.3 Å². The zero-order valence-electron chi connectivity index (χ0n) is 14.8. The molecule has 1 aromatic carbocycles. The standard InChI is InChI=1S/C19H30N4O/c1-2-21-13-15-22(16-14-21)12-9-19(24)20-17-5-7-18(8-6-17)23-10-3-4-11-23/h5-8H,2-4,9-16H2,1H3,(H,20,24). The van der Waals surface area contributed by atoms with E-state index in [0.717, 1.165) is 58.0 Å². The monoisotopic (exact) mass is 330 g/mol. The van der Waals surface area contributed by atoms with Crippen molar-refractivity contribution in [1.29, 1.82) is 0 Å². The number of piperazine rings is 1. The smallest absolute Gasteiger partial charge is 0.225 e. The normalized spacial score (nSPS) is 19.6. The predicted molar refractivity (Wildman–Crippen MR) is 99.7 cm³/mol. The van der Waals surface area contributed by atoms with Gasteiger partial charge in [-0.25, -0.2) is 0 Å². The van der Waals surface area contributed by atoms with Crippen LogP contribution in [-0.2, 0) is 4.79 Å². The first-order valence-corrected chi connectivity index (χ1v) is 9.34. The Balaban J connectivity index is 1.40. The zero-order valence-corrected chi connectivity index (χ0v) is 14.8. The van der Waals surface area contributed by atoms with E-state index in [4.69, 9.17) is 0 Å². The van der Waals surface area contributed by atoms with Gasteiger partial charge in [0, 0.05) is 63.6 Å². The fourth-order valence-electron chi connectivity index (χ4n) is 3.54. The van der Waals surface area contributed by atoms with Crippen LogP contribution in [0.15, 0.2) is 24.3 Å². The van der Waals surface area contributed by atoms with Gasteiger partial charge in [-0.05, 0) is 43.7 Å². The van der Waals surface area contributed by atoms with Gasteiger partial charge in [0.25, 0.3) is 0 Å². The number of hydrogen-bond acceptors (Lipinski definition) is 4. The van der Waals surface area contributed by atoms with Gasteiger partial charge >= 0.3 is 0 Å². The van der Waals surface area contributed by atoms with Gasteiger partial charge in [0.15, 0.2) is 0 Å². The molecule has 3 rings (SSSR count).